The molecule has 0 amide bonds. The highest BCUT2D eigenvalue weighted by Crippen LogP contribution is 2.38. The lowest BCUT2D eigenvalue weighted by Crippen LogP contribution is -2.02. The first kappa shape index (κ1) is 27.1. The van der Waals surface area contributed by atoms with E-state index in [1.165, 1.54) is 6.07 Å². The van der Waals surface area contributed by atoms with Crippen molar-refractivity contribution in [1.29, 1.82) is 5.26 Å². The van der Waals surface area contributed by atoms with Gasteiger partial charge in [0.25, 0.3) is 0 Å². The summed E-state index contributed by atoms with van der Waals surface area (Å²) in [5, 5.41) is 11.6. The molecule has 0 atom stereocenters. The number of rotatable bonds is 5. The summed E-state index contributed by atoms with van der Waals surface area (Å²) in [4.78, 5) is 14.7. The summed E-state index contributed by atoms with van der Waals surface area (Å²) in [5.74, 6) is 1.16. The fourth-order valence-corrected chi connectivity index (χ4v) is 6.02. The van der Waals surface area contributed by atoms with Crippen LogP contribution in [0, 0.1) is 17.1 Å². The maximum absolute atomic E-state index is 15.6. The molecule has 0 aliphatic heterocycles. The number of fused-ring (bicyclic) bond motifs is 3. The van der Waals surface area contributed by atoms with Gasteiger partial charge in [-0.25, -0.2) is 19.3 Å². The zero-order valence-corrected chi connectivity index (χ0v) is 24.5. The van der Waals surface area contributed by atoms with E-state index in [0.717, 1.165) is 38.6 Å². The van der Waals surface area contributed by atoms with E-state index < -0.39 is 0 Å². The molecular weight excluding hydrogens is 569 g/mol. The van der Waals surface area contributed by atoms with E-state index in [1.54, 1.807) is 12.1 Å². The first-order chi connectivity index (χ1) is 22.7. The third-order valence-corrected chi connectivity index (χ3v) is 8.17. The molecule has 8 rings (SSSR count). The molecule has 0 aliphatic rings. The lowest BCUT2D eigenvalue weighted by molar-refractivity contribution is 0.631. The van der Waals surface area contributed by atoms with Crippen LogP contribution in [0.5, 0.6) is 0 Å². The van der Waals surface area contributed by atoms with Gasteiger partial charge in [0.05, 0.1) is 22.7 Å². The van der Waals surface area contributed by atoms with E-state index in [0.29, 0.717) is 39.7 Å². The lowest BCUT2D eigenvalue weighted by atomic mass is 9.97. The van der Waals surface area contributed by atoms with Crippen molar-refractivity contribution in [3.05, 3.63) is 157 Å². The first-order valence-corrected chi connectivity index (χ1v) is 14.9. The van der Waals surface area contributed by atoms with Crippen molar-refractivity contribution in [2.75, 3.05) is 0 Å². The molecule has 216 valence electrons. The molecule has 0 aliphatic carbocycles. The Morgan fingerprint density at radius 3 is 1.80 bits per heavy atom. The minimum absolute atomic E-state index is 0.345. The van der Waals surface area contributed by atoms with Gasteiger partial charge in [0.2, 0.25) is 0 Å². The Morgan fingerprint density at radius 2 is 1.11 bits per heavy atom. The van der Waals surface area contributed by atoms with Crippen LogP contribution in [0.3, 0.4) is 0 Å². The predicted octanol–water partition coefficient (Wildman–Crippen LogP) is 9.65. The van der Waals surface area contributed by atoms with Gasteiger partial charge in [0, 0.05) is 38.7 Å². The van der Waals surface area contributed by atoms with E-state index in [4.69, 9.17) is 15.0 Å². The lowest BCUT2D eigenvalue weighted by Gasteiger charge is -2.16. The van der Waals surface area contributed by atoms with Crippen molar-refractivity contribution in [3.8, 4) is 57.0 Å². The van der Waals surface area contributed by atoms with Crippen LogP contribution in [0.1, 0.15) is 5.56 Å². The van der Waals surface area contributed by atoms with Crippen LogP contribution in [0.15, 0.2) is 146 Å². The smallest absolute Gasteiger partial charge is 0.164 e. The topological polar surface area (TPSA) is 67.4 Å². The Labute approximate surface area is 264 Å². The van der Waals surface area contributed by atoms with Crippen LogP contribution in [0.2, 0.25) is 0 Å². The van der Waals surface area contributed by atoms with Gasteiger partial charge in [-0.05, 0) is 54.1 Å². The third kappa shape index (κ3) is 4.68. The Kier molecular flexibility index (Phi) is 6.63. The van der Waals surface area contributed by atoms with Crippen LogP contribution in [0.25, 0.3) is 72.8 Å². The minimum atomic E-state index is -0.345. The van der Waals surface area contributed by atoms with Crippen molar-refractivity contribution in [2.45, 2.75) is 0 Å². The van der Waals surface area contributed by atoms with Crippen LogP contribution in [-0.4, -0.2) is 19.5 Å². The second-order valence-electron chi connectivity index (χ2n) is 10.9. The number of hydrogen-bond acceptors (Lipinski definition) is 4. The Hall–Kier alpha value is -6.45. The van der Waals surface area contributed by atoms with Gasteiger partial charge in [-0.2, -0.15) is 5.26 Å². The maximum atomic E-state index is 15.6. The zero-order valence-electron chi connectivity index (χ0n) is 24.5. The van der Waals surface area contributed by atoms with E-state index in [2.05, 4.69) is 22.8 Å². The second-order valence-corrected chi connectivity index (χ2v) is 10.9. The molecule has 0 unspecified atom stereocenters. The van der Waals surface area contributed by atoms with E-state index in [-0.39, 0.29) is 5.82 Å². The third-order valence-electron chi connectivity index (χ3n) is 8.17. The highest BCUT2D eigenvalue weighted by Gasteiger charge is 2.20. The monoisotopic (exact) mass is 593 g/mol. The fraction of sp³-hybridized carbons (Fsp3) is 0. The largest absolute Gasteiger partial charge is 0.309 e. The minimum Gasteiger partial charge on any atom is -0.309 e. The van der Waals surface area contributed by atoms with Crippen molar-refractivity contribution < 1.29 is 4.39 Å². The van der Waals surface area contributed by atoms with Crippen molar-refractivity contribution in [3.63, 3.8) is 0 Å². The second kappa shape index (κ2) is 11.2. The molecule has 2 aromatic heterocycles. The molecule has 8 aromatic rings. The number of nitrogens with zero attached hydrogens (tertiary/aromatic N) is 5. The van der Waals surface area contributed by atoms with Gasteiger partial charge in [-0.1, -0.05) is 97.1 Å². The number of aromatic nitrogens is 4. The van der Waals surface area contributed by atoms with Gasteiger partial charge >= 0.3 is 0 Å². The average Bonchev–Trinajstić information content (AvgIpc) is 3.46. The van der Waals surface area contributed by atoms with Gasteiger partial charge in [-0.15, -0.1) is 0 Å². The molecule has 0 saturated heterocycles. The van der Waals surface area contributed by atoms with Crippen molar-refractivity contribution in [2.24, 2.45) is 0 Å². The molecule has 5 nitrogen and oxygen atoms in total. The SMILES string of the molecule is N#Cc1ccc2c(c1)c1ccccc1n2-c1ccc(-c2nc(-c3ccccc3)nc(-c3ccccc3)n2)c(-c2ccccc2F)c1. The summed E-state index contributed by atoms with van der Waals surface area (Å²) in [6.45, 7) is 0. The molecule has 0 bridgehead atoms. The number of para-hydroxylation sites is 1. The molecule has 0 spiro atoms. The summed E-state index contributed by atoms with van der Waals surface area (Å²) >= 11 is 0. The summed E-state index contributed by atoms with van der Waals surface area (Å²) in [7, 11) is 0. The number of nitriles is 1. The van der Waals surface area contributed by atoms with Crippen molar-refractivity contribution >= 4 is 21.8 Å². The number of benzene rings is 6. The molecule has 0 radical (unpaired) electrons. The Bertz CT molecular complexity index is 2390. The molecule has 46 heavy (non-hydrogen) atoms. The maximum Gasteiger partial charge on any atom is 0.164 e. The van der Waals surface area contributed by atoms with E-state index in [1.807, 2.05) is 115 Å². The van der Waals surface area contributed by atoms with Crippen molar-refractivity contribution in [1.82, 2.24) is 19.5 Å². The van der Waals surface area contributed by atoms with Gasteiger partial charge in [0.15, 0.2) is 17.5 Å². The van der Waals surface area contributed by atoms with Gasteiger partial charge < -0.3 is 4.57 Å². The molecule has 6 heteroatoms. The van der Waals surface area contributed by atoms with E-state index >= 15 is 4.39 Å². The summed E-state index contributed by atoms with van der Waals surface area (Å²) in [6, 6.07) is 48.4. The standard InChI is InChI=1S/C40H24FN5/c41-35-17-9-7-15-30(35)33-24-29(46-36-18-10-8-16-31(36)34-23-26(25-42)19-22-37(34)46)20-21-32(33)40-44-38(27-11-3-1-4-12-27)43-39(45-40)28-13-5-2-6-14-28/h1-24H. The molecule has 0 N–H and O–H groups in total. The Morgan fingerprint density at radius 1 is 0.500 bits per heavy atom. The summed E-state index contributed by atoms with van der Waals surface area (Å²) in [5.41, 5.74) is 6.86. The summed E-state index contributed by atoms with van der Waals surface area (Å²) < 4.78 is 17.8. The Balaban J connectivity index is 1.41. The van der Waals surface area contributed by atoms with Crippen LogP contribution in [0.4, 0.5) is 4.39 Å². The van der Waals surface area contributed by atoms with Crippen LogP contribution >= 0.6 is 0 Å². The molecule has 6 aromatic carbocycles. The fourth-order valence-electron chi connectivity index (χ4n) is 6.02. The van der Waals surface area contributed by atoms with E-state index in [9.17, 15) is 5.26 Å². The molecule has 0 fully saturated rings. The molecule has 2 heterocycles. The number of hydrogen-bond donors (Lipinski definition) is 0. The van der Waals surface area contributed by atoms with Crippen LogP contribution in [-0.2, 0) is 0 Å². The number of halogens is 1. The predicted molar refractivity (Wildman–Crippen MR) is 181 cm³/mol. The highest BCUT2D eigenvalue weighted by molar-refractivity contribution is 6.09. The quantitative estimate of drug-likeness (QED) is 0.199. The van der Waals surface area contributed by atoms with Gasteiger partial charge in [0.1, 0.15) is 5.82 Å². The molecular formula is C40H24FN5. The highest BCUT2D eigenvalue weighted by atomic mass is 19.1. The molecule has 0 saturated carbocycles. The van der Waals surface area contributed by atoms with Crippen LogP contribution < -0.4 is 0 Å². The van der Waals surface area contributed by atoms with Gasteiger partial charge in [-0.3, -0.25) is 0 Å². The zero-order chi connectivity index (χ0) is 31.0. The average molecular weight is 594 g/mol. The first-order valence-electron chi connectivity index (χ1n) is 14.9. The normalized spacial score (nSPS) is 11.1. The summed E-state index contributed by atoms with van der Waals surface area (Å²) in [6.07, 6.45) is 0.